The lowest BCUT2D eigenvalue weighted by molar-refractivity contribution is 0.759. The van der Waals surface area contributed by atoms with Gasteiger partial charge in [-0.3, -0.25) is 0 Å². The molecule has 116 valence electrons. The molecule has 2 heterocycles. The molecule has 1 nitrogen and oxygen atoms in total. The average Bonchev–Trinajstić information content (AvgIpc) is 2.83. The maximum Gasteiger partial charge on any atom is 0.304 e. The monoisotopic (exact) mass is 373 g/mol. The molecule has 0 spiro atoms. The predicted octanol–water partition coefficient (Wildman–Crippen LogP) is 5.30. The molecule has 0 saturated heterocycles. The maximum atomic E-state index is 3.66. The second-order valence-electron chi connectivity index (χ2n) is 7.26. The molecule has 0 saturated carbocycles. The van der Waals surface area contributed by atoms with Gasteiger partial charge in [0.25, 0.3) is 0 Å². The Morgan fingerprint density at radius 2 is 1.54 bits per heavy atom. The molecule has 3 aromatic carbocycles. The van der Waals surface area contributed by atoms with Crippen LogP contribution < -0.4 is 10.3 Å². The summed E-state index contributed by atoms with van der Waals surface area (Å²) in [4.78, 5) is 2.54. The number of benzene rings is 3. The summed E-state index contributed by atoms with van der Waals surface area (Å²) >= 11 is 3.66. The summed E-state index contributed by atoms with van der Waals surface area (Å²) in [6.07, 6.45) is 0. The van der Waals surface area contributed by atoms with E-state index in [0.717, 1.165) is 4.47 Å². The molecule has 0 radical (unpaired) electrons. The third kappa shape index (κ3) is 1.71. The number of hydrogen-bond donors (Lipinski definition) is 0. The zero-order chi connectivity index (χ0) is 16.5. The van der Waals surface area contributed by atoms with Crippen molar-refractivity contribution in [2.24, 2.45) is 0 Å². The minimum absolute atomic E-state index is 0.0444. The minimum Gasteiger partial charge on any atom is -0.380 e. The van der Waals surface area contributed by atoms with Crippen LogP contribution in [-0.2, 0) is 5.31 Å². The zero-order valence-corrected chi connectivity index (χ0v) is 15.3. The molecule has 24 heavy (non-hydrogen) atoms. The molecule has 0 aromatic heterocycles. The van der Waals surface area contributed by atoms with Gasteiger partial charge in [0.15, 0.2) is 0 Å². The van der Waals surface area contributed by atoms with E-state index >= 15 is 0 Å². The largest absolute Gasteiger partial charge is 0.380 e. The van der Waals surface area contributed by atoms with E-state index < -0.39 is 0 Å². The molecule has 0 amide bonds. The molecule has 0 fully saturated rings. The van der Waals surface area contributed by atoms with Gasteiger partial charge in [-0.25, -0.2) is 0 Å². The molecule has 2 aliphatic rings. The molecule has 0 bridgehead atoms. The van der Waals surface area contributed by atoms with E-state index in [9.17, 15) is 0 Å². The van der Waals surface area contributed by atoms with Crippen molar-refractivity contribution in [3.05, 3.63) is 76.8 Å². The number of fused-ring (bicyclic) bond motifs is 8. The quantitative estimate of drug-likeness (QED) is 0.483. The summed E-state index contributed by atoms with van der Waals surface area (Å²) < 4.78 is 1.15. The van der Waals surface area contributed by atoms with Gasteiger partial charge in [-0.15, -0.1) is 0 Å². The number of rotatable bonds is 0. The van der Waals surface area contributed by atoms with Crippen molar-refractivity contribution in [2.75, 3.05) is 4.81 Å². The predicted molar refractivity (Wildman–Crippen MR) is 107 cm³/mol. The molecule has 3 aromatic rings. The van der Waals surface area contributed by atoms with Gasteiger partial charge in [-0.05, 0) is 46.2 Å². The average molecular weight is 374 g/mol. The highest BCUT2D eigenvalue weighted by Crippen LogP contribution is 2.51. The minimum atomic E-state index is 0.0444. The van der Waals surface area contributed by atoms with Gasteiger partial charge in [0.2, 0.25) is 0 Å². The van der Waals surface area contributed by atoms with Gasteiger partial charge in [0.05, 0.1) is 0 Å². The summed E-state index contributed by atoms with van der Waals surface area (Å²) in [6, 6.07) is 24.4. The lowest BCUT2D eigenvalue weighted by Crippen LogP contribution is -2.55. The van der Waals surface area contributed by atoms with Crippen LogP contribution in [0.15, 0.2) is 71.2 Å². The van der Waals surface area contributed by atoms with E-state index in [1.807, 2.05) is 0 Å². The first-order valence-electron chi connectivity index (χ1n) is 8.36. The fourth-order valence-corrected chi connectivity index (χ4v) is 4.89. The maximum absolute atomic E-state index is 3.66. The van der Waals surface area contributed by atoms with Gasteiger partial charge in [0.1, 0.15) is 0 Å². The summed E-state index contributed by atoms with van der Waals surface area (Å²) in [7, 11) is 0. The Bertz CT molecular complexity index is 979. The van der Waals surface area contributed by atoms with E-state index in [-0.39, 0.29) is 5.31 Å². The number of nitrogens with zero attached hydrogens (tertiary/aromatic N) is 1. The number of hydrogen-bond acceptors (Lipinski definition) is 1. The van der Waals surface area contributed by atoms with Crippen LogP contribution in [0.4, 0.5) is 11.4 Å². The molecular formula is C21H17BBrN. The topological polar surface area (TPSA) is 3.24 Å². The van der Waals surface area contributed by atoms with Gasteiger partial charge in [-0.2, -0.15) is 0 Å². The zero-order valence-electron chi connectivity index (χ0n) is 13.8. The Labute approximate surface area is 151 Å². The highest BCUT2D eigenvalue weighted by Gasteiger charge is 2.52. The van der Waals surface area contributed by atoms with E-state index in [2.05, 4.69) is 101 Å². The summed E-state index contributed by atoms with van der Waals surface area (Å²) in [5, 5.41) is 0.0444. The van der Waals surface area contributed by atoms with Crippen LogP contribution in [0.2, 0.25) is 0 Å². The SMILES string of the molecule is CC1(C)B2c3ccccc3-c3ccccc3N2c2ccc(Br)cc21. The fraction of sp³-hybridized carbons (Fsp3) is 0.143. The van der Waals surface area contributed by atoms with Crippen LogP contribution >= 0.6 is 15.9 Å². The molecule has 0 atom stereocenters. The van der Waals surface area contributed by atoms with Gasteiger partial charge in [-0.1, -0.05) is 72.2 Å². The first-order valence-corrected chi connectivity index (χ1v) is 9.16. The third-order valence-electron chi connectivity index (χ3n) is 5.56. The van der Waals surface area contributed by atoms with Crippen molar-refractivity contribution in [1.29, 1.82) is 0 Å². The second-order valence-corrected chi connectivity index (χ2v) is 8.18. The Morgan fingerprint density at radius 1 is 0.833 bits per heavy atom. The van der Waals surface area contributed by atoms with Gasteiger partial charge >= 0.3 is 6.85 Å². The Balaban J connectivity index is 1.89. The van der Waals surface area contributed by atoms with Crippen molar-refractivity contribution in [1.82, 2.24) is 0 Å². The van der Waals surface area contributed by atoms with Crippen LogP contribution in [0.5, 0.6) is 0 Å². The summed E-state index contributed by atoms with van der Waals surface area (Å²) in [5.74, 6) is 0. The molecular weight excluding hydrogens is 357 g/mol. The highest BCUT2D eigenvalue weighted by molar-refractivity contribution is 9.10. The molecule has 5 rings (SSSR count). The normalized spacial score (nSPS) is 16.3. The van der Waals surface area contributed by atoms with Crippen molar-refractivity contribution in [2.45, 2.75) is 19.2 Å². The lowest BCUT2D eigenvalue weighted by atomic mass is 9.37. The Kier molecular flexibility index (Phi) is 2.85. The van der Waals surface area contributed by atoms with Gasteiger partial charge in [0, 0.05) is 21.4 Å². The van der Waals surface area contributed by atoms with Crippen LogP contribution in [0.1, 0.15) is 19.4 Å². The molecule has 0 N–H and O–H groups in total. The van der Waals surface area contributed by atoms with E-state index in [4.69, 9.17) is 0 Å². The van der Waals surface area contributed by atoms with Crippen LogP contribution in [0, 0.1) is 0 Å². The Morgan fingerprint density at radius 3 is 2.38 bits per heavy atom. The first kappa shape index (κ1) is 14.4. The standard InChI is InChI=1S/C21H17BBrN/c1-21(2)17-13-14(23)11-12-20(17)24-19-10-6-4-8-16(19)15-7-3-5-9-18(15)22(21)24/h3-13H,1-2H3. The molecule has 0 aliphatic carbocycles. The summed E-state index contributed by atoms with van der Waals surface area (Å²) in [5.41, 5.74) is 8.18. The van der Waals surface area contributed by atoms with Crippen LogP contribution in [0.25, 0.3) is 11.1 Å². The van der Waals surface area contributed by atoms with Crippen molar-refractivity contribution in [3.8, 4) is 11.1 Å². The van der Waals surface area contributed by atoms with E-state index in [0.29, 0.717) is 6.85 Å². The van der Waals surface area contributed by atoms with Crippen molar-refractivity contribution < 1.29 is 0 Å². The lowest BCUT2D eigenvalue weighted by Gasteiger charge is -2.38. The van der Waals surface area contributed by atoms with Crippen molar-refractivity contribution >= 4 is 39.6 Å². The van der Waals surface area contributed by atoms with E-state index in [1.165, 1.54) is 33.5 Å². The van der Waals surface area contributed by atoms with Crippen LogP contribution in [-0.4, -0.2) is 6.85 Å². The van der Waals surface area contributed by atoms with E-state index in [1.54, 1.807) is 0 Å². The van der Waals surface area contributed by atoms with Gasteiger partial charge < -0.3 is 4.81 Å². The highest BCUT2D eigenvalue weighted by atomic mass is 79.9. The fourth-order valence-electron chi connectivity index (χ4n) is 4.53. The smallest absolute Gasteiger partial charge is 0.304 e. The summed E-state index contributed by atoms with van der Waals surface area (Å²) in [6.45, 7) is 5.06. The second kappa shape index (κ2) is 4.76. The number of halogens is 1. The van der Waals surface area contributed by atoms with Crippen LogP contribution in [0.3, 0.4) is 0 Å². The Hall–Kier alpha value is -2.00. The molecule has 3 heteroatoms. The number of para-hydroxylation sites is 1. The first-order chi connectivity index (χ1) is 11.6. The molecule has 2 aliphatic heterocycles. The van der Waals surface area contributed by atoms with Crippen molar-refractivity contribution in [3.63, 3.8) is 0 Å². The molecule has 0 unspecified atom stereocenters. The number of anilines is 2. The third-order valence-corrected chi connectivity index (χ3v) is 6.06.